The van der Waals surface area contributed by atoms with Crippen LogP contribution in [0, 0.1) is 11.8 Å². The molecule has 0 saturated heterocycles. The van der Waals surface area contributed by atoms with Crippen molar-refractivity contribution >= 4 is 12.0 Å². The van der Waals surface area contributed by atoms with E-state index in [2.05, 4.69) is 0 Å². The second kappa shape index (κ2) is 7.36. The van der Waals surface area contributed by atoms with E-state index >= 15 is 0 Å². The van der Waals surface area contributed by atoms with E-state index in [-0.39, 0.29) is 12.6 Å². The number of carbonyl (C=O) groups excluding carboxylic acids is 1. The van der Waals surface area contributed by atoms with Gasteiger partial charge in [-0.15, -0.1) is 0 Å². The number of urea groups is 1. The first kappa shape index (κ1) is 15.8. The van der Waals surface area contributed by atoms with Gasteiger partial charge in [-0.25, -0.2) is 4.79 Å². The summed E-state index contributed by atoms with van der Waals surface area (Å²) in [6.45, 7) is 2.65. The maximum absolute atomic E-state index is 12.1. The Morgan fingerprint density at radius 1 is 1.16 bits per heavy atom. The number of amides is 2. The van der Waals surface area contributed by atoms with Gasteiger partial charge >= 0.3 is 12.0 Å². The Balaban J connectivity index is 2.39. The van der Waals surface area contributed by atoms with E-state index in [4.69, 9.17) is 5.11 Å². The molecule has 1 fully saturated rings. The molecule has 0 heterocycles. The zero-order chi connectivity index (χ0) is 14.4. The van der Waals surface area contributed by atoms with Gasteiger partial charge in [-0.2, -0.15) is 0 Å². The van der Waals surface area contributed by atoms with Gasteiger partial charge in [0.05, 0.1) is 5.92 Å². The summed E-state index contributed by atoms with van der Waals surface area (Å²) in [6.07, 6.45) is 6.24. The standard InChI is InChI=1S/C14H26N2O3/c1-11(13(17)18)9-15(2)14(19)16(3)10-12-7-5-4-6-8-12/h11-12H,4-10H2,1-3H3,(H,17,18). The minimum absolute atomic E-state index is 0.0846. The second-order valence-corrected chi connectivity index (χ2v) is 5.79. The maximum atomic E-state index is 12.1. The molecule has 0 aromatic carbocycles. The summed E-state index contributed by atoms with van der Waals surface area (Å²) in [6, 6.07) is -0.0846. The monoisotopic (exact) mass is 270 g/mol. The molecule has 1 rings (SSSR count). The van der Waals surface area contributed by atoms with Gasteiger partial charge in [0.2, 0.25) is 0 Å². The number of hydrogen-bond donors (Lipinski definition) is 1. The highest BCUT2D eigenvalue weighted by molar-refractivity contribution is 5.75. The molecule has 5 heteroatoms. The van der Waals surface area contributed by atoms with Gasteiger partial charge in [0.25, 0.3) is 0 Å². The van der Waals surface area contributed by atoms with Crippen LogP contribution >= 0.6 is 0 Å². The quantitative estimate of drug-likeness (QED) is 0.833. The van der Waals surface area contributed by atoms with Crippen molar-refractivity contribution in [2.45, 2.75) is 39.0 Å². The minimum atomic E-state index is -0.866. The molecule has 1 saturated carbocycles. The summed E-state index contributed by atoms with van der Waals surface area (Å²) in [7, 11) is 3.47. The van der Waals surface area contributed by atoms with Crippen LogP contribution in [0.4, 0.5) is 4.79 Å². The fourth-order valence-corrected chi connectivity index (χ4v) is 2.69. The number of carboxylic acid groups (broad SMARTS) is 1. The molecule has 1 atom stereocenters. The smallest absolute Gasteiger partial charge is 0.319 e. The van der Waals surface area contributed by atoms with Crippen LogP contribution < -0.4 is 0 Å². The molecule has 0 bridgehead atoms. The molecule has 110 valence electrons. The average Bonchev–Trinajstić information content (AvgIpc) is 2.38. The van der Waals surface area contributed by atoms with Crippen molar-refractivity contribution in [2.75, 3.05) is 27.2 Å². The van der Waals surface area contributed by atoms with E-state index in [1.807, 2.05) is 0 Å². The Bertz CT molecular complexity index is 314. The number of carbonyl (C=O) groups is 2. The van der Waals surface area contributed by atoms with E-state index in [0.717, 1.165) is 6.54 Å². The second-order valence-electron chi connectivity index (χ2n) is 5.79. The Hall–Kier alpha value is -1.26. The largest absolute Gasteiger partial charge is 0.481 e. The van der Waals surface area contributed by atoms with Crippen molar-refractivity contribution in [3.63, 3.8) is 0 Å². The van der Waals surface area contributed by atoms with E-state index in [1.165, 1.54) is 37.0 Å². The third kappa shape index (κ3) is 5.09. The van der Waals surface area contributed by atoms with Crippen molar-refractivity contribution in [3.05, 3.63) is 0 Å². The van der Waals surface area contributed by atoms with Crippen LogP contribution in [0.3, 0.4) is 0 Å². The molecule has 1 unspecified atom stereocenters. The maximum Gasteiger partial charge on any atom is 0.319 e. The Morgan fingerprint density at radius 3 is 2.26 bits per heavy atom. The molecule has 5 nitrogen and oxygen atoms in total. The summed E-state index contributed by atoms with van der Waals surface area (Å²) < 4.78 is 0. The zero-order valence-corrected chi connectivity index (χ0v) is 12.3. The molecular formula is C14H26N2O3. The average molecular weight is 270 g/mol. The van der Waals surface area contributed by atoms with Crippen molar-refractivity contribution in [1.29, 1.82) is 0 Å². The van der Waals surface area contributed by atoms with Crippen molar-refractivity contribution in [1.82, 2.24) is 9.80 Å². The zero-order valence-electron chi connectivity index (χ0n) is 12.3. The number of aliphatic carboxylic acids is 1. The van der Waals surface area contributed by atoms with Gasteiger partial charge in [0, 0.05) is 27.2 Å². The molecule has 2 amide bonds. The molecule has 1 aliphatic rings. The lowest BCUT2D eigenvalue weighted by Gasteiger charge is -2.30. The highest BCUT2D eigenvalue weighted by Crippen LogP contribution is 2.24. The molecule has 0 spiro atoms. The Morgan fingerprint density at radius 2 is 1.74 bits per heavy atom. The summed E-state index contributed by atoms with van der Waals surface area (Å²) in [4.78, 5) is 26.2. The Labute approximate surface area is 115 Å². The van der Waals surface area contributed by atoms with Crippen molar-refractivity contribution < 1.29 is 14.7 Å². The first-order valence-corrected chi connectivity index (χ1v) is 7.10. The molecule has 1 aliphatic carbocycles. The predicted molar refractivity (Wildman–Crippen MR) is 74.0 cm³/mol. The summed E-state index contributed by atoms with van der Waals surface area (Å²) in [5, 5.41) is 8.86. The number of rotatable bonds is 5. The lowest BCUT2D eigenvalue weighted by Crippen LogP contribution is -2.43. The minimum Gasteiger partial charge on any atom is -0.481 e. The van der Waals surface area contributed by atoms with Crippen LogP contribution in [0.1, 0.15) is 39.0 Å². The third-order valence-electron chi connectivity index (χ3n) is 3.88. The summed E-state index contributed by atoms with van der Waals surface area (Å²) in [5.41, 5.74) is 0. The normalized spacial score (nSPS) is 17.8. The molecular weight excluding hydrogens is 244 g/mol. The van der Waals surface area contributed by atoms with Crippen molar-refractivity contribution in [3.8, 4) is 0 Å². The van der Waals surface area contributed by atoms with Crippen LogP contribution in [0.25, 0.3) is 0 Å². The SMILES string of the molecule is CC(CN(C)C(=O)N(C)CC1CCCCC1)C(=O)O. The predicted octanol–water partition coefficient (Wildman–Crippen LogP) is 2.27. The molecule has 1 N–H and O–H groups in total. The van der Waals surface area contributed by atoms with Gasteiger partial charge in [0.1, 0.15) is 0 Å². The van der Waals surface area contributed by atoms with E-state index in [9.17, 15) is 9.59 Å². The third-order valence-corrected chi connectivity index (χ3v) is 3.88. The summed E-state index contributed by atoms with van der Waals surface area (Å²) in [5.74, 6) is -0.792. The van der Waals surface area contributed by atoms with E-state index in [0.29, 0.717) is 5.92 Å². The number of nitrogens with zero attached hydrogens (tertiary/aromatic N) is 2. The highest BCUT2D eigenvalue weighted by atomic mass is 16.4. The van der Waals surface area contributed by atoms with Gasteiger partial charge in [-0.05, 0) is 18.8 Å². The van der Waals surface area contributed by atoms with Crippen LogP contribution in [0.15, 0.2) is 0 Å². The molecule has 19 heavy (non-hydrogen) atoms. The molecule has 0 radical (unpaired) electrons. The lowest BCUT2D eigenvalue weighted by molar-refractivity contribution is -0.141. The molecule has 0 aromatic rings. The van der Waals surface area contributed by atoms with Crippen molar-refractivity contribution in [2.24, 2.45) is 11.8 Å². The van der Waals surface area contributed by atoms with Gasteiger partial charge in [-0.3, -0.25) is 4.79 Å². The fraction of sp³-hybridized carbons (Fsp3) is 0.857. The van der Waals surface area contributed by atoms with E-state index in [1.54, 1.807) is 25.9 Å². The first-order valence-electron chi connectivity index (χ1n) is 7.10. The van der Waals surface area contributed by atoms with Crippen LogP contribution in [-0.4, -0.2) is 54.1 Å². The van der Waals surface area contributed by atoms with Crippen LogP contribution in [0.5, 0.6) is 0 Å². The first-order chi connectivity index (χ1) is 8.91. The molecule has 0 aliphatic heterocycles. The highest BCUT2D eigenvalue weighted by Gasteiger charge is 2.22. The Kier molecular flexibility index (Phi) is 6.12. The fourth-order valence-electron chi connectivity index (χ4n) is 2.69. The number of hydrogen-bond acceptors (Lipinski definition) is 2. The van der Waals surface area contributed by atoms with Crippen LogP contribution in [-0.2, 0) is 4.79 Å². The summed E-state index contributed by atoms with van der Waals surface area (Å²) >= 11 is 0. The van der Waals surface area contributed by atoms with Gasteiger partial charge < -0.3 is 14.9 Å². The van der Waals surface area contributed by atoms with E-state index < -0.39 is 11.9 Å². The van der Waals surface area contributed by atoms with Crippen LogP contribution in [0.2, 0.25) is 0 Å². The van der Waals surface area contributed by atoms with Gasteiger partial charge in [-0.1, -0.05) is 26.2 Å². The lowest BCUT2D eigenvalue weighted by atomic mass is 9.89. The number of carboxylic acids is 1. The molecule has 0 aromatic heterocycles. The van der Waals surface area contributed by atoms with Gasteiger partial charge in [0.15, 0.2) is 0 Å². The topological polar surface area (TPSA) is 60.9 Å².